The zero-order valence-corrected chi connectivity index (χ0v) is 22.1. The van der Waals surface area contributed by atoms with Gasteiger partial charge in [0.15, 0.2) is 0 Å². The van der Waals surface area contributed by atoms with Crippen LogP contribution in [0, 0.1) is 5.92 Å². The third-order valence-electron chi connectivity index (χ3n) is 6.82. The molecule has 2 fully saturated rings. The number of hydrogen-bond acceptors (Lipinski definition) is 5. The average molecular weight is 542 g/mol. The molecular formula is C24H30Cl2N4O4S. The molecule has 35 heavy (non-hydrogen) atoms. The Bertz CT molecular complexity index is 1120. The Morgan fingerprint density at radius 1 is 1.00 bits per heavy atom. The number of benzene rings is 1. The number of piperidine rings is 1. The predicted molar refractivity (Wildman–Crippen MR) is 137 cm³/mol. The summed E-state index contributed by atoms with van der Waals surface area (Å²) in [4.78, 5) is 21.2. The van der Waals surface area contributed by atoms with Gasteiger partial charge in [0.05, 0.1) is 11.3 Å². The molecule has 2 aromatic rings. The Balaban J connectivity index is 1.48. The number of halogens is 2. The van der Waals surface area contributed by atoms with Gasteiger partial charge in [0.25, 0.3) is 0 Å². The molecule has 3 atom stereocenters. The van der Waals surface area contributed by atoms with E-state index in [1.54, 1.807) is 23.2 Å². The fraction of sp³-hybridized carbons (Fsp3) is 0.500. The van der Waals surface area contributed by atoms with Crippen LogP contribution >= 0.6 is 23.2 Å². The lowest BCUT2D eigenvalue weighted by molar-refractivity contribution is 0.0643. The Kier molecular flexibility index (Phi) is 8.10. The number of sulfonamides is 1. The summed E-state index contributed by atoms with van der Waals surface area (Å²) >= 11 is 12.1. The van der Waals surface area contributed by atoms with E-state index in [0.29, 0.717) is 55.2 Å². The fourth-order valence-electron chi connectivity index (χ4n) is 4.89. The summed E-state index contributed by atoms with van der Waals surface area (Å²) < 4.78 is 31.2. The molecule has 2 saturated heterocycles. The number of ether oxygens (including phenoxy) is 1. The van der Waals surface area contributed by atoms with Gasteiger partial charge in [-0.3, -0.25) is 0 Å². The van der Waals surface area contributed by atoms with E-state index >= 15 is 0 Å². The van der Waals surface area contributed by atoms with Gasteiger partial charge in [-0.1, -0.05) is 35.3 Å². The first-order valence-corrected chi connectivity index (χ1v) is 14.2. The van der Waals surface area contributed by atoms with Gasteiger partial charge >= 0.3 is 6.03 Å². The maximum absolute atomic E-state index is 13.3. The quantitative estimate of drug-likeness (QED) is 0.573. The first-order chi connectivity index (χ1) is 16.6. The lowest BCUT2D eigenvalue weighted by Gasteiger charge is -2.43. The average Bonchev–Trinajstić information content (AvgIpc) is 2.84. The van der Waals surface area contributed by atoms with Gasteiger partial charge in [0.1, 0.15) is 6.10 Å². The van der Waals surface area contributed by atoms with Crippen molar-refractivity contribution in [2.75, 3.05) is 45.5 Å². The number of likely N-dealkylation sites (tertiary alicyclic amines) is 1. The van der Waals surface area contributed by atoms with Crippen LogP contribution in [0.3, 0.4) is 0 Å². The Labute approximate surface area is 216 Å². The van der Waals surface area contributed by atoms with Crippen molar-refractivity contribution in [2.45, 2.75) is 25.4 Å². The molecule has 190 valence electrons. The number of aromatic nitrogens is 1. The molecule has 0 spiro atoms. The summed E-state index contributed by atoms with van der Waals surface area (Å²) in [6, 6.07) is 11.2. The monoisotopic (exact) mass is 540 g/mol. The minimum Gasteiger partial charge on any atom is -0.474 e. The van der Waals surface area contributed by atoms with Crippen molar-refractivity contribution in [3.63, 3.8) is 0 Å². The molecule has 0 bridgehead atoms. The van der Waals surface area contributed by atoms with E-state index in [1.165, 1.54) is 10.6 Å². The van der Waals surface area contributed by atoms with Crippen LogP contribution in [-0.2, 0) is 10.0 Å². The lowest BCUT2D eigenvalue weighted by atomic mass is 9.78. The normalized spacial score (nSPS) is 22.6. The second kappa shape index (κ2) is 10.9. The molecular weight excluding hydrogens is 511 g/mol. The lowest BCUT2D eigenvalue weighted by Crippen LogP contribution is -2.56. The van der Waals surface area contributed by atoms with Crippen molar-refractivity contribution in [1.29, 1.82) is 0 Å². The molecule has 11 heteroatoms. The second-order valence-electron chi connectivity index (χ2n) is 9.13. The summed E-state index contributed by atoms with van der Waals surface area (Å²) in [6.07, 6.45) is 3.39. The largest absolute Gasteiger partial charge is 0.474 e. The van der Waals surface area contributed by atoms with Crippen molar-refractivity contribution in [3.8, 4) is 5.88 Å². The van der Waals surface area contributed by atoms with E-state index in [9.17, 15) is 13.2 Å². The third kappa shape index (κ3) is 6.39. The number of rotatable bonds is 5. The van der Waals surface area contributed by atoms with Crippen LogP contribution in [0.25, 0.3) is 0 Å². The van der Waals surface area contributed by atoms with Crippen LogP contribution in [0.15, 0.2) is 42.6 Å². The number of carbonyl (C=O) groups is 1. The Hall–Kier alpha value is -2.07. The minimum absolute atomic E-state index is 0.0459. The zero-order chi connectivity index (χ0) is 25.2. The number of pyridine rings is 1. The molecule has 0 aliphatic carbocycles. The van der Waals surface area contributed by atoms with Crippen LogP contribution in [0.2, 0.25) is 10.0 Å². The molecule has 4 rings (SSSR count). The van der Waals surface area contributed by atoms with Gasteiger partial charge in [-0.15, -0.1) is 0 Å². The summed E-state index contributed by atoms with van der Waals surface area (Å²) in [6.45, 7) is 4.59. The van der Waals surface area contributed by atoms with E-state index < -0.39 is 10.0 Å². The number of urea groups is 1. The van der Waals surface area contributed by atoms with E-state index in [2.05, 4.69) is 4.98 Å². The van der Waals surface area contributed by atoms with Gasteiger partial charge in [-0.25, -0.2) is 18.2 Å². The standard InChI is InChI=1S/C24H30Cl2N4O4S/c1-17(34-23-8-7-20(26)15-27-23)21-9-10-29(16-22(21)18-3-5-19(25)6-4-18)24(31)28-11-13-30(14-12-28)35(2,32)33/h3-8,15,17,21-22H,9-14,16H2,1-2H3/t17-,21+,22+/m0/s1. The van der Waals surface area contributed by atoms with Crippen molar-refractivity contribution in [2.24, 2.45) is 5.92 Å². The summed E-state index contributed by atoms with van der Waals surface area (Å²) in [5, 5.41) is 1.21. The third-order valence-corrected chi connectivity index (χ3v) is 8.60. The van der Waals surface area contributed by atoms with Gasteiger partial charge in [0, 0.05) is 68.4 Å². The van der Waals surface area contributed by atoms with Gasteiger partial charge in [-0.05, 0) is 37.1 Å². The summed E-state index contributed by atoms with van der Waals surface area (Å²) in [5.41, 5.74) is 1.10. The summed E-state index contributed by atoms with van der Waals surface area (Å²) in [7, 11) is -3.25. The number of amides is 2. The highest BCUT2D eigenvalue weighted by Crippen LogP contribution is 2.37. The highest BCUT2D eigenvalue weighted by atomic mass is 35.5. The summed E-state index contributed by atoms with van der Waals surface area (Å²) in [5.74, 6) is 0.711. The number of piperazine rings is 1. The number of nitrogens with zero attached hydrogens (tertiary/aromatic N) is 4. The van der Waals surface area contributed by atoms with Crippen LogP contribution in [0.4, 0.5) is 4.79 Å². The molecule has 1 aromatic carbocycles. The molecule has 1 aromatic heterocycles. The molecule has 8 nitrogen and oxygen atoms in total. The van der Waals surface area contributed by atoms with Crippen LogP contribution in [0.1, 0.15) is 24.8 Å². The van der Waals surface area contributed by atoms with Crippen molar-refractivity contribution in [1.82, 2.24) is 19.1 Å². The van der Waals surface area contributed by atoms with E-state index in [4.69, 9.17) is 27.9 Å². The highest BCUT2D eigenvalue weighted by molar-refractivity contribution is 7.88. The SMILES string of the molecule is C[C@H](Oc1ccc(Cl)cn1)[C@H]1CCN(C(=O)N2CCN(S(C)(=O)=O)CC2)C[C@@H]1c1ccc(Cl)cc1. The highest BCUT2D eigenvalue weighted by Gasteiger charge is 2.38. The molecule has 2 amide bonds. The Morgan fingerprint density at radius 3 is 2.26 bits per heavy atom. The van der Waals surface area contributed by atoms with Crippen LogP contribution < -0.4 is 4.74 Å². The predicted octanol–water partition coefficient (Wildman–Crippen LogP) is 3.96. The van der Waals surface area contributed by atoms with E-state index in [0.717, 1.165) is 12.0 Å². The van der Waals surface area contributed by atoms with Crippen molar-refractivity contribution >= 4 is 39.3 Å². The fourth-order valence-corrected chi connectivity index (χ4v) is 5.95. The van der Waals surface area contributed by atoms with Crippen molar-refractivity contribution in [3.05, 3.63) is 58.2 Å². The van der Waals surface area contributed by atoms with Crippen LogP contribution in [0.5, 0.6) is 5.88 Å². The molecule has 3 heterocycles. The van der Waals surface area contributed by atoms with Gasteiger partial charge in [0.2, 0.25) is 15.9 Å². The molecule has 2 aliphatic heterocycles. The molecule has 0 radical (unpaired) electrons. The molecule has 0 unspecified atom stereocenters. The second-order valence-corrected chi connectivity index (χ2v) is 12.0. The van der Waals surface area contributed by atoms with Gasteiger partial charge < -0.3 is 14.5 Å². The topological polar surface area (TPSA) is 83.1 Å². The molecule has 2 aliphatic rings. The molecule has 0 N–H and O–H groups in total. The first-order valence-electron chi connectivity index (χ1n) is 11.6. The Morgan fingerprint density at radius 2 is 1.66 bits per heavy atom. The number of carbonyl (C=O) groups excluding carboxylic acids is 1. The zero-order valence-electron chi connectivity index (χ0n) is 19.8. The van der Waals surface area contributed by atoms with Crippen molar-refractivity contribution < 1.29 is 17.9 Å². The smallest absolute Gasteiger partial charge is 0.320 e. The maximum atomic E-state index is 13.3. The van der Waals surface area contributed by atoms with Gasteiger partial charge in [-0.2, -0.15) is 4.31 Å². The maximum Gasteiger partial charge on any atom is 0.320 e. The minimum atomic E-state index is -3.25. The van der Waals surface area contributed by atoms with Crippen LogP contribution in [-0.4, -0.2) is 85.2 Å². The van der Waals surface area contributed by atoms with E-state index in [1.807, 2.05) is 36.1 Å². The first kappa shape index (κ1) is 26.0. The molecule has 0 saturated carbocycles. The number of hydrogen-bond donors (Lipinski definition) is 0. The van der Waals surface area contributed by atoms with E-state index in [-0.39, 0.29) is 24.0 Å².